The number of hydrogen-bond donors (Lipinski definition) is 3. The van der Waals surface area contributed by atoms with Crippen molar-refractivity contribution >= 4 is 23.8 Å². The number of rotatable bonds is 12. The van der Waals surface area contributed by atoms with Crippen LogP contribution >= 0.6 is 0 Å². The Balaban J connectivity index is 1.52. The molecule has 0 fully saturated rings. The zero-order valence-corrected chi connectivity index (χ0v) is 24.6. The second-order valence-corrected chi connectivity index (χ2v) is 10.8. The number of alkyl carbamates (subject to hydrolysis) is 1. The standard InChI is InChI=1S/C31H39N5O6/c1-5-35(30(40)41)25-10-8-9-23(19-25)21-36-28(38)16-15-26(34-36)24-13-11-22(12-14-24)20-27(37)32-17-6-7-18-33-29(39)42-31(2,3)4/h8-16,19H,5-7,17-18,20-21H2,1-4H3,(H,32,37)(H,33,39)(H,40,41). The molecule has 42 heavy (non-hydrogen) atoms. The van der Waals surface area contributed by atoms with E-state index >= 15 is 0 Å². The van der Waals surface area contributed by atoms with E-state index in [0.29, 0.717) is 37.4 Å². The first-order valence-electron chi connectivity index (χ1n) is 14.0. The maximum Gasteiger partial charge on any atom is 0.411 e. The Morgan fingerprint density at radius 2 is 1.64 bits per heavy atom. The van der Waals surface area contributed by atoms with E-state index in [1.807, 2.05) is 51.1 Å². The largest absolute Gasteiger partial charge is 0.465 e. The summed E-state index contributed by atoms with van der Waals surface area (Å²) in [7, 11) is 0. The number of benzene rings is 2. The molecular formula is C31H39N5O6. The molecule has 0 atom stereocenters. The van der Waals surface area contributed by atoms with Crippen molar-refractivity contribution in [1.29, 1.82) is 0 Å². The normalized spacial score (nSPS) is 11.0. The second kappa shape index (κ2) is 14.8. The lowest BCUT2D eigenvalue weighted by Crippen LogP contribution is -2.33. The van der Waals surface area contributed by atoms with Crippen LogP contribution in [-0.4, -0.2) is 58.2 Å². The summed E-state index contributed by atoms with van der Waals surface area (Å²) in [5.74, 6) is -0.0960. The maximum atomic E-state index is 12.5. The van der Waals surface area contributed by atoms with Gasteiger partial charge in [-0.15, -0.1) is 0 Å². The lowest BCUT2D eigenvalue weighted by molar-refractivity contribution is -0.120. The third kappa shape index (κ3) is 10.1. The third-order valence-corrected chi connectivity index (χ3v) is 6.18. The quantitative estimate of drug-likeness (QED) is 0.270. The van der Waals surface area contributed by atoms with E-state index < -0.39 is 17.8 Å². The van der Waals surface area contributed by atoms with Crippen molar-refractivity contribution in [3.8, 4) is 11.3 Å². The Morgan fingerprint density at radius 3 is 2.29 bits per heavy atom. The molecule has 224 valence electrons. The second-order valence-electron chi connectivity index (χ2n) is 10.8. The number of hydrogen-bond acceptors (Lipinski definition) is 6. The van der Waals surface area contributed by atoms with E-state index in [0.717, 1.165) is 23.1 Å². The SMILES string of the molecule is CCN(C(=O)O)c1cccc(Cn2nc(-c3ccc(CC(=O)NCCCCNC(=O)OC(C)(C)C)cc3)ccc2=O)c1. The van der Waals surface area contributed by atoms with Crippen molar-refractivity contribution in [2.75, 3.05) is 24.5 Å². The molecule has 0 unspecified atom stereocenters. The molecule has 1 heterocycles. The van der Waals surface area contributed by atoms with Crippen LogP contribution in [0.15, 0.2) is 65.5 Å². The topological polar surface area (TPSA) is 143 Å². The summed E-state index contributed by atoms with van der Waals surface area (Å²) in [6.45, 7) is 8.65. The molecule has 3 aromatic rings. The van der Waals surface area contributed by atoms with Crippen LogP contribution in [0, 0.1) is 0 Å². The van der Waals surface area contributed by atoms with E-state index in [9.17, 15) is 24.3 Å². The molecule has 11 nitrogen and oxygen atoms in total. The number of carbonyl (C=O) groups is 3. The summed E-state index contributed by atoms with van der Waals surface area (Å²) in [6.07, 6.45) is 0.176. The molecule has 3 N–H and O–H groups in total. The fourth-order valence-electron chi connectivity index (χ4n) is 4.16. The van der Waals surface area contributed by atoms with E-state index in [1.54, 1.807) is 31.2 Å². The highest BCUT2D eigenvalue weighted by Crippen LogP contribution is 2.19. The van der Waals surface area contributed by atoms with Crippen molar-refractivity contribution in [2.24, 2.45) is 0 Å². The molecule has 0 aliphatic heterocycles. The number of nitrogens with zero attached hydrogens (tertiary/aromatic N) is 3. The summed E-state index contributed by atoms with van der Waals surface area (Å²) in [4.78, 5) is 49.2. The van der Waals surface area contributed by atoms with Crippen LogP contribution in [0.25, 0.3) is 11.3 Å². The van der Waals surface area contributed by atoms with Gasteiger partial charge in [-0.2, -0.15) is 5.10 Å². The summed E-state index contributed by atoms with van der Waals surface area (Å²) in [6, 6.07) is 17.5. The lowest BCUT2D eigenvalue weighted by Gasteiger charge is -2.19. The van der Waals surface area contributed by atoms with Crippen LogP contribution in [0.3, 0.4) is 0 Å². The van der Waals surface area contributed by atoms with Crippen molar-refractivity contribution < 1.29 is 24.2 Å². The van der Waals surface area contributed by atoms with Gasteiger partial charge in [0, 0.05) is 37.0 Å². The Kier molecular flexibility index (Phi) is 11.2. The molecule has 0 spiro atoms. The van der Waals surface area contributed by atoms with Gasteiger partial charge in [0.15, 0.2) is 0 Å². The van der Waals surface area contributed by atoms with Gasteiger partial charge in [-0.05, 0) is 69.9 Å². The van der Waals surface area contributed by atoms with Crippen LogP contribution < -0.4 is 21.1 Å². The molecule has 0 saturated carbocycles. The first-order valence-corrected chi connectivity index (χ1v) is 14.0. The van der Waals surface area contributed by atoms with E-state index in [2.05, 4.69) is 15.7 Å². The Hall–Kier alpha value is -4.67. The molecule has 3 rings (SSSR count). The van der Waals surface area contributed by atoms with Gasteiger partial charge in [0.1, 0.15) is 5.60 Å². The molecule has 2 aromatic carbocycles. The molecule has 0 aliphatic carbocycles. The number of anilines is 1. The monoisotopic (exact) mass is 577 g/mol. The van der Waals surface area contributed by atoms with Gasteiger partial charge in [0.25, 0.3) is 5.56 Å². The summed E-state index contributed by atoms with van der Waals surface area (Å²) in [5, 5.41) is 19.5. The number of carbonyl (C=O) groups excluding carboxylic acids is 2. The van der Waals surface area contributed by atoms with E-state index in [-0.39, 0.29) is 24.4 Å². The van der Waals surface area contributed by atoms with Gasteiger partial charge >= 0.3 is 12.2 Å². The average Bonchev–Trinajstić information content (AvgIpc) is 2.92. The Morgan fingerprint density at radius 1 is 0.952 bits per heavy atom. The van der Waals surface area contributed by atoms with Gasteiger partial charge in [-0.25, -0.2) is 14.3 Å². The van der Waals surface area contributed by atoms with Gasteiger partial charge in [-0.1, -0.05) is 36.4 Å². The van der Waals surface area contributed by atoms with E-state index in [4.69, 9.17) is 4.74 Å². The molecule has 0 saturated heterocycles. The van der Waals surface area contributed by atoms with E-state index in [1.165, 1.54) is 15.6 Å². The minimum atomic E-state index is -1.04. The maximum absolute atomic E-state index is 12.5. The lowest BCUT2D eigenvalue weighted by atomic mass is 10.1. The molecule has 0 aliphatic rings. The van der Waals surface area contributed by atoms with Gasteiger partial charge < -0.3 is 20.5 Å². The highest BCUT2D eigenvalue weighted by atomic mass is 16.6. The molecule has 11 heteroatoms. The fraction of sp³-hybridized carbons (Fsp3) is 0.387. The minimum Gasteiger partial charge on any atom is -0.465 e. The Bertz CT molecular complexity index is 1430. The molecule has 1 aromatic heterocycles. The number of nitrogens with one attached hydrogen (secondary N) is 2. The predicted octanol–water partition coefficient (Wildman–Crippen LogP) is 4.43. The third-order valence-electron chi connectivity index (χ3n) is 6.18. The highest BCUT2D eigenvalue weighted by Gasteiger charge is 2.15. The van der Waals surface area contributed by atoms with Gasteiger partial charge in [0.05, 0.1) is 18.7 Å². The Labute approximate surface area is 245 Å². The van der Waals surface area contributed by atoms with Crippen molar-refractivity contribution in [2.45, 2.75) is 59.1 Å². The van der Waals surface area contributed by atoms with Crippen molar-refractivity contribution in [3.63, 3.8) is 0 Å². The molecular weight excluding hydrogens is 538 g/mol. The molecule has 0 bridgehead atoms. The number of carboxylic acid groups (broad SMARTS) is 1. The molecule has 3 amide bonds. The van der Waals surface area contributed by atoms with Crippen LogP contribution in [0.2, 0.25) is 0 Å². The predicted molar refractivity (Wildman–Crippen MR) is 161 cm³/mol. The highest BCUT2D eigenvalue weighted by molar-refractivity contribution is 5.86. The number of ether oxygens (including phenoxy) is 1. The van der Waals surface area contributed by atoms with Crippen LogP contribution in [-0.2, 0) is 22.5 Å². The molecule has 0 radical (unpaired) electrons. The van der Waals surface area contributed by atoms with Crippen molar-refractivity contribution in [3.05, 3.63) is 82.1 Å². The summed E-state index contributed by atoms with van der Waals surface area (Å²) >= 11 is 0. The van der Waals surface area contributed by atoms with Crippen molar-refractivity contribution in [1.82, 2.24) is 20.4 Å². The van der Waals surface area contributed by atoms with Crippen LogP contribution in [0.1, 0.15) is 51.7 Å². The first kappa shape index (κ1) is 31.9. The first-order chi connectivity index (χ1) is 19.9. The average molecular weight is 578 g/mol. The van der Waals surface area contributed by atoms with Crippen LogP contribution in [0.4, 0.5) is 15.3 Å². The number of amides is 3. The summed E-state index contributed by atoms with van der Waals surface area (Å²) in [5.41, 5.74) is 2.70. The number of unbranched alkanes of at least 4 members (excludes halogenated alkanes) is 1. The zero-order chi connectivity index (χ0) is 30.7. The fourth-order valence-corrected chi connectivity index (χ4v) is 4.16. The smallest absolute Gasteiger partial charge is 0.411 e. The summed E-state index contributed by atoms with van der Waals surface area (Å²) < 4.78 is 6.53. The van der Waals surface area contributed by atoms with Gasteiger partial charge in [0.2, 0.25) is 5.91 Å². The zero-order valence-electron chi connectivity index (χ0n) is 24.6. The van der Waals surface area contributed by atoms with Crippen LogP contribution in [0.5, 0.6) is 0 Å². The minimum absolute atomic E-state index is 0.0960. The van der Waals surface area contributed by atoms with Gasteiger partial charge in [-0.3, -0.25) is 14.5 Å². The number of aromatic nitrogens is 2.